The van der Waals surface area contributed by atoms with Crippen LogP contribution in [-0.2, 0) is 12.4 Å². The van der Waals surface area contributed by atoms with Crippen LogP contribution in [0.2, 0.25) is 0 Å². The zero-order chi connectivity index (χ0) is 9.97. The van der Waals surface area contributed by atoms with E-state index in [9.17, 15) is 0 Å². The zero-order valence-electron chi connectivity index (χ0n) is 7.15. The monoisotopic (exact) mass is 291 g/mol. The Bertz CT molecular complexity index is 426. The maximum absolute atomic E-state index is 5.63. The van der Waals surface area contributed by atoms with Gasteiger partial charge in [-0.2, -0.15) is 0 Å². The molecule has 0 N–H and O–H groups in total. The zero-order valence-corrected chi connectivity index (χ0v) is 10.3. The van der Waals surface area contributed by atoms with Crippen molar-refractivity contribution in [2.24, 2.45) is 0 Å². The molecule has 0 saturated carbocycles. The van der Waals surface area contributed by atoms with Gasteiger partial charge in [-0.05, 0) is 22.0 Å². The molecule has 2 heterocycles. The van der Waals surface area contributed by atoms with Gasteiger partial charge in [0.25, 0.3) is 0 Å². The first-order valence-corrected chi connectivity index (χ1v) is 6.16. The number of thiophene rings is 1. The van der Waals surface area contributed by atoms with Crippen molar-refractivity contribution in [3.05, 3.63) is 32.7 Å². The molecule has 3 nitrogen and oxygen atoms in total. The van der Waals surface area contributed by atoms with Crippen molar-refractivity contribution in [3.8, 4) is 0 Å². The Morgan fingerprint density at radius 2 is 2.43 bits per heavy atom. The second-order valence-electron chi connectivity index (χ2n) is 2.77. The first-order valence-electron chi connectivity index (χ1n) is 3.96. The molecule has 74 valence electrons. The summed E-state index contributed by atoms with van der Waals surface area (Å²) in [5, 5.41) is 9.93. The van der Waals surface area contributed by atoms with Crippen molar-refractivity contribution >= 4 is 38.9 Å². The van der Waals surface area contributed by atoms with E-state index in [0.717, 1.165) is 16.7 Å². The average Bonchev–Trinajstić information content (AvgIpc) is 2.76. The van der Waals surface area contributed by atoms with Crippen LogP contribution in [0.4, 0.5) is 0 Å². The number of aromatic nitrogens is 3. The van der Waals surface area contributed by atoms with Crippen LogP contribution in [0, 0.1) is 0 Å². The molecule has 0 aliphatic carbocycles. The summed E-state index contributed by atoms with van der Waals surface area (Å²) in [5.41, 5.74) is 0.808. The van der Waals surface area contributed by atoms with Gasteiger partial charge in [-0.25, -0.2) is 4.68 Å². The van der Waals surface area contributed by atoms with Crippen molar-refractivity contribution in [2.75, 3.05) is 0 Å². The van der Waals surface area contributed by atoms with E-state index in [2.05, 4.69) is 37.7 Å². The number of nitrogens with zero attached hydrogens (tertiary/aromatic N) is 3. The Morgan fingerprint density at radius 3 is 3.00 bits per heavy atom. The molecule has 0 atom stereocenters. The van der Waals surface area contributed by atoms with E-state index in [1.165, 1.54) is 4.88 Å². The minimum absolute atomic E-state index is 0.411. The predicted molar refractivity (Wildman–Crippen MR) is 60.7 cm³/mol. The van der Waals surface area contributed by atoms with Gasteiger partial charge in [0.05, 0.1) is 24.3 Å². The molecule has 2 rings (SSSR count). The summed E-state index contributed by atoms with van der Waals surface area (Å²) in [6.07, 6.45) is 1.86. The van der Waals surface area contributed by atoms with Crippen molar-refractivity contribution in [2.45, 2.75) is 12.4 Å². The fourth-order valence-corrected chi connectivity index (χ4v) is 2.64. The Kier molecular flexibility index (Phi) is 3.20. The summed E-state index contributed by atoms with van der Waals surface area (Å²) < 4.78 is 2.89. The quantitative estimate of drug-likeness (QED) is 0.815. The van der Waals surface area contributed by atoms with E-state index >= 15 is 0 Å². The summed E-state index contributed by atoms with van der Waals surface area (Å²) >= 11 is 10.7. The van der Waals surface area contributed by atoms with E-state index in [4.69, 9.17) is 11.6 Å². The fourth-order valence-electron chi connectivity index (χ4n) is 1.07. The van der Waals surface area contributed by atoms with Gasteiger partial charge in [0, 0.05) is 14.7 Å². The molecule has 0 aliphatic rings. The molecule has 0 saturated heterocycles. The predicted octanol–water partition coefficient (Wildman–Crippen LogP) is 2.89. The molecule has 6 heteroatoms. The molecule has 0 aromatic carbocycles. The maximum Gasteiger partial charge on any atom is 0.0974 e. The van der Waals surface area contributed by atoms with Crippen molar-refractivity contribution in [3.63, 3.8) is 0 Å². The SMILES string of the molecule is ClCc1cn(Cc2cc(Br)cs2)nn1. The van der Waals surface area contributed by atoms with Gasteiger partial charge in [0.2, 0.25) is 0 Å². The molecular formula is C8H7BrClN3S. The Labute approximate surface area is 98.8 Å². The summed E-state index contributed by atoms with van der Waals surface area (Å²) in [7, 11) is 0. The van der Waals surface area contributed by atoms with Gasteiger partial charge in [-0.3, -0.25) is 0 Å². The summed E-state index contributed by atoms with van der Waals surface area (Å²) in [5.74, 6) is 0.411. The highest BCUT2D eigenvalue weighted by atomic mass is 79.9. The standard InChI is InChI=1S/C8H7BrClN3S/c9-6-1-8(14-5-6)4-13-3-7(2-10)11-12-13/h1,3,5H,2,4H2. The van der Waals surface area contributed by atoms with Crippen LogP contribution in [0.5, 0.6) is 0 Å². The maximum atomic E-state index is 5.63. The largest absolute Gasteiger partial charge is 0.247 e. The summed E-state index contributed by atoms with van der Waals surface area (Å²) in [6, 6.07) is 2.08. The highest BCUT2D eigenvalue weighted by Crippen LogP contribution is 2.20. The van der Waals surface area contributed by atoms with Crippen LogP contribution in [0.25, 0.3) is 0 Å². The minimum atomic E-state index is 0.411. The molecule has 14 heavy (non-hydrogen) atoms. The van der Waals surface area contributed by atoms with Crippen molar-refractivity contribution < 1.29 is 0 Å². The minimum Gasteiger partial charge on any atom is -0.247 e. The molecular weight excluding hydrogens is 286 g/mol. The van der Waals surface area contributed by atoms with Gasteiger partial charge >= 0.3 is 0 Å². The third-order valence-corrected chi connectivity index (χ3v) is 3.62. The van der Waals surface area contributed by atoms with E-state index in [0.29, 0.717) is 5.88 Å². The molecule has 2 aromatic heterocycles. The smallest absolute Gasteiger partial charge is 0.0974 e. The van der Waals surface area contributed by atoms with Gasteiger partial charge in [-0.1, -0.05) is 5.21 Å². The van der Waals surface area contributed by atoms with Crippen LogP contribution < -0.4 is 0 Å². The van der Waals surface area contributed by atoms with Gasteiger partial charge in [0.15, 0.2) is 0 Å². The van der Waals surface area contributed by atoms with E-state index in [-0.39, 0.29) is 0 Å². The summed E-state index contributed by atoms with van der Waals surface area (Å²) in [4.78, 5) is 1.24. The average molecular weight is 293 g/mol. The lowest BCUT2D eigenvalue weighted by molar-refractivity contribution is 0.655. The van der Waals surface area contributed by atoms with Gasteiger partial charge in [0.1, 0.15) is 0 Å². The lowest BCUT2D eigenvalue weighted by Crippen LogP contribution is -1.98. The van der Waals surface area contributed by atoms with Gasteiger partial charge in [-0.15, -0.1) is 28.0 Å². The lowest BCUT2D eigenvalue weighted by atomic mass is 10.4. The van der Waals surface area contributed by atoms with E-state index in [1.54, 1.807) is 16.0 Å². The van der Waals surface area contributed by atoms with E-state index < -0.39 is 0 Å². The van der Waals surface area contributed by atoms with Crippen LogP contribution in [0.1, 0.15) is 10.6 Å². The first-order chi connectivity index (χ1) is 6.78. The van der Waals surface area contributed by atoms with Gasteiger partial charge < -0.3 is 0 Å². The molecule has 0 bridgehead atoms. The molecule has 0 radical (unpaired) electrons. The van der Waals surface area contributed by atoms with Crippen LogP contribution >= 0.6 is 38.9 Å². The highest BCUT2D eigenvalue weighted by Gasteiger charge is 2.02. The molecule has 2 aromatic rings. The number of hydrogen-bond donors (Lipinski definition) is 0. The number of rotatable bonds is 3. The van der Waals surface area contributed by atoms with Crippen molar-refractivity contribution in [1.82, 2.24) is 15.0 Å². The lowest BCUT2D eigenvalue weighted by Gasteiger charge is -1.94. The number of hydrogen-bond acceptors (Lipinski definition) is 3. The topological polar surface area (TPSA) is 30.7 Å². The van der Waals surface area contributed by atoms with Crippen LogP contribution in [0.15, 0.2) is 22.1 Å². The Balaban J connectivity index is 2.10. The Hall–Kier alpha value is -0.390. The molecule has 0 aliphatic heterocycles. The normalized spacial score (nSPS) is 10.7. The van der Waals surface area contributed by atoms with Crippen LogP contribution in [0.3, 0.4) is 0 Å². The number of halogens is 2. The second kappa shape index (κ2) is 4.42. The third-order valence-electron chi connectivity index (χ3n) is 1.66. The van der Waals surface area contributed by atoms with E-state index in [1.807, 2.05) is 6.20 Å². The number of alkyl halides is 1. The fraction of sp³-hybridized carbons (Fsp3) is 0.250. The molecule has 0 amide bonds. The Morgan fingerprint density at radius 1 is 1.57 bits per heavy atom. The molecule has 0 spiro atoms. The van der Waals surface area contributed by atoms with Crippen LogP contribution in [-0.4, -0.2) is 15.0 Å². The van der Waals surface area contributed by atoms with Crippen molar-refractivity contribution in [1.29, 1.82) is 0 Å². The first kappa shape index (κ1) is 10.1. The summed E-state index contributed by atoms with van der Waals surface area (Å²) in [6.45, 7) is 0.750. The second-order valence-corrected chi connectivity index (χ2v) is 4.95. The molecule has 0 fully saturated rings. The molecule has 0 unspecified atom stereocenters. The third kappa shape index (κ3) is 2.34. The highest BCUT2D eigenvalue weighted by molar-refractivity contribution is 9.10.